The van der Waals surface area contributed by atoms with Crippen LogP contribution in [0.25, 0.3) is 5.57 Å². The topological polar surface area (TPSA) is 70.8 Å². The van der Waals surface area contributed by atoms with E-state index in [4.69, 9.17) is 10.6 Å². The zero-order valence-corrected chi connectivity index (χ0v) is 21.2. The van der Waals surface area contributed by atoms with Gasteiger partial charge in [-0.15, -0.1) is 0 Å². The summed E-state index contributed by atoms with van der Waals surface area (Å²) < 4.78 is 5.43. The zero-order chi connectivity index (χ0) is 24.3. The Hall–Kier alpha value is -2.41. The molecule has 34 heavy (non-hydrogen) atoms. The first-order valence-corrected chi connectivity index (χ1v) is 12.8. The Morgan fingerprint density at radius 1 is 1.29 bits per heavy atom. The van der Waals surface area contributed by atoms with Crippen LogP contribution in [-0.4, -0.2) is 61.8 Å². The molecule has 2 aliphatic heterocycles. The molecule has 3 N–H and O–H groups in total. The summed E-state index contributed by atoms with van der Waals surface area (Å²) in [5, 5.41) is 5.36. The van der Waals surface area contributed by atoms with E-state index < -0.39 is 0 Å². The van der Waals surface area contributed by atoms with Gasteiger partial charge in [-0.05, 0) is 60.9 Å². The van der Waals surface area contributed by atoms with Gasteiger partial charge in [-0.2, -0.15) is 0 Å². The molecule has 0 bridgehead atoms. The molecule has 3 rings (SSSR count). The van der Waals surface area contributed by atoms with Crippen molar-refractivity contribution in [1.82, 2.24) is 15.2 Å². The molecule has 1 fully saturated rings. The van der Waals surface area contributed by atoms with Crippen molar-refractivity contribution in [2.45, 2.75) is 46.5 Å². The standard InChI is InChI=1S/C28H42N4O2/c1-4-8-23(9-7-18-34-5-2)21-32(29)27-12-15-30-20-26(27)24-10-6-11-25(19-24)28(33)31-16-13-22(3)14-17-31/h6-11,19,22,30H,4-5,12-18,20-21,29H2,1-3H3/b9-7-,23-8+. The summed E-state index contributed by atoms with van der Waals surface area (Å²) in [4.78, 5) is 15.2. The highest BCUT2D eigenvalue weighted by Crippen LogP contribution is 2.27. The van der Waals surface area contributed by atoms with Gasteiger partial charge < -0.3 is 20.0 Å². The van der Waals surface area contributed by atoms with E-state index in [2.05, 4.69) is 37.4 Å². The maximum absolute atomic E-state index is 13.2. The molecule has 0 radical (unpaired) electrons. The van der Waals surface area contributed by atoms with Crippen molar-refractivity contribution in [1.29, 1.82) is 0 Å². The maximum Gasteiger partial charge on any atom is 0.253 e. The molecule has 0 atom stereocenters. The molecule has 0 aliphatic carbocycles. The number of carbonyl (C=O) groups excluding carboxylic acids is 1. The van der Waals surface area contributed by atoms with Gasteiger partial charge in [0, 0.05) is 50.5 Å². The van der Waals surface area contributed by atoms with Gasteiger partial charge in [0.2, 0.25) is 0 Å². The van der Waals surface area contributed by atoms with Crippen molar-refractivity contribution in [2.24, 2.45) is 11.8 Å². The van der Waals surface area contributed by atoms with Gasteiger partial charge in [0.1, 0.15) is 0 Å². The molecule has 0 saturated carbocycles. The smallest absolute Gasteiger partial charge is 0.253 e. The molecule has 2 aliphatic rings. The third-order valence-electron chi connectivity index (χ3n) is 6.63. The van der Waals surface area contributed by atoms with Crippen LogP contribution in [0.1, 0.15) is 62.4 Å². The largest absolute Gasteiger partial charge is 0.378 e. The number of allylic oxidation sites excluding steroid dienone is 1. The van der Waals surface area contributed by atoms with Crippen LogP contribution in [0.5, 0.6) is 0 Å². The molecule has 0 spiro atoms. The first-order valence-electron chi connectivity index (χ1n) is 12.8. The quantitative estimate of drug-likeness (QED) is 0.232. The molecule has 6 heteroatoms. The summed E-state index contributed by atoms with van der Waals surface area (Å²) >= 11 is 0. The van der Waals surface area contributed by atoms with E-state index >= 15 is 0 Å². The average Bonchev–Trinajstić information content (AvgIpc) is 2.87. The van der Waals surface area contributed by atoms with Crippen LogP contribution in [-0.2, 0) is 4.74 Å². The Morgan fingerprint density at radius 3 is 2.82 bits per heavy atom. The number of nitrogens with two attached hydrogens (primary N) is 1. The lowest BCUT2D eigenvalue weighted by Crippen LogP contribution is -2.38. The highest BCUT2D eigenvalue weighted by atomic mass is 16.5. The summed E-state index contributed by atoms with van der Waals surface area (Å²) in [6.45, 7) is 11.7. The van der Waals surface area contributed by atoms with Crippen LogP contribution in [0, 0.1) is 5.92 Å². The highest BCUT2D eigenvalue weighted by molar-refractivity contribution is 5.95. The molecule has 0 aromatic heterocycles. The van der Waals surface area contributed by atoms with Crippen molar-refractivity contribution in [3.63, 3.8) is 0 Å². The van der Waals surface area contributed by atoms with E-state index in [0.717, 1.165) is 68.7 Å². The Bertz CT molecular complexity index is 897. The minimum atomic E-state index is 0.136. The van der Waals surface area contributed by atoms with Gasteiger partial charge in [0.05, 0.1) is 13.2 Å². The van der Waals surface area contributed by atoms with Gasteiger partial charge in [-0.3, -0.25) is 4.79 Å². The van der Waals surface area contributed by atoms with Crippen LogP contribution >= 0.6 is 0 Å². The number of hydrazine groups is 1. The minimum Gasteiger partial charge on any atom is -0.378 e. The predicted octanol–water partition coefficient (Wildman–Crippen LogP) is 4.37. The van der Waals surface area contributed by atoms with Crippen molar-refractivity contribution < 1.29 is 9.53 Å². The number of hydrogen-bond acceptors (Lipinski definition) is 5. The van der Waals surface area contributed by atoms with E-state index in [1.807, 2.05) is 41.1 Å². The Labute approximate surface area is 205 Å². The van der Waals surface area contributed by atoms with Crippen molar-refractivity contribution in [2.75, 3.05) is 45.9 Å². The molecule has 1 amide bonds. The number of hydrogen-bond donors (Lipinski definition) is 2. The van der Waals surface area contributed by atoms with E-state index in [1.54, 1.807) is 0 Å². The second kappa shape index (κ2) is 13.5. The number of carbonyl (C=O) groups is 1. The van der Waals surface area contributed by atoms with Crippen LogP contribution in [0.3, 0.4) is 0 Å². The van der Waals surface area contributed by atoms with E-state index in [0.29, 0.717) is 25.7 Å². The monoisotopic (exact) mass is 466 g/mol. The Kier molecular flexibility index (Phi) is 10.4. The summed E-state index contributed by atoms with van der Waals surface area (Å²) in [5.41, 5.74) is 5.32. The lowest BCUT2D eigenvalue weighted by Gasteiger charge is -2.31. The lowest BCUT2D eigenvalue weighted by atomic mass is 9.95. The zero-order valence-electron chi connectivity index (χ0n) is 21.2. The van der Waals surface area contributed by atoms with Gasteiger partial charge in [-0.25, -0.2) is 5.84 Å². The Balaban J connectivity index is 1.79. The minimum absolute atomic E-state index is 0.136. The van der Waals surface area contributed by atoms with Crippen LogP contribution in [0.2, 0.25) is 0 Å². The lowest BCUT2D eigenvalue weighted by molar-refractivity contribution is 0.0697. The first-order chi connectivity index (χ1) is 16.5. The van der Waals surface area contributed by atoms with Crippen LogP contribution in [0.15, 0.2) is 53.8 Å². The molecule has 0 unspecified atom stereocenters. The second-order valence-corrected chi connectivity index (χ2v) is 9.28. The fourth-order valence-electron chi connectivity index (χ4n) is 4.62. The predicted molar refractivity (Wildman–Crippen MR) is 140 cm³/mol. The number of benzene rings is 1. The number of ether oxygens (including phenoxy) is 1. The summed E-state index contributed by atoms with van der Waals surface area (Å²) in [5.74, 6) is 7.47. The second-order valence-electron chi connectivity index (χ2n) is 9.28. The molecule has 1 aromatic carbocycles. The number of amides is 1. The van der Waals surface area contributed by atoms with E-state index in [1.165, 1.54) is 11.1 Å². The SMILES string of the molecule is CC/C=C(\C=C/COCC)CN(N)C1=C(c2cccc(C(=O)N3CCC(C)CC3)c2)CNCC1. The first kappa shape index (κ1) is 26.2. The summed E-state index contributed by atoms with van der Waals surface area (Å²) in [6.07, 6.45) is 10.3. The maximum atomic E-state index is 13.2. The normalized spacial score (nSPS) is 18.1. The number of nitrogens with one attached hydrogen (secondary N) is 1. The van der Waals surface area contributed by atoms with Gasteiger partial charge in [-0.1, -0.05) is 44.2 Å². The fourth-order valence-corrected chi connectivity index (χ4v) is 4.62. The summed E-state index contributed by atoms with van der Waals surface area (Å²) in [6, 6.07) is 8.07. The molecule has 1 aromatic rings. The van der Waals surface area contributed by atoms with Gasteiger partial charge in [0.15, 0.2) is 0 Å². The molecule has 2 heterocycles. The van der Waals surface area contributed by atoms with Crippen LogP contribution < -0.4 is 11.2 Å². The van der Waals surface area contributed by atoms with Crippen LogP contribution in [0.4, 0.5) is 0 Å². The van der Waals surface area contributed by atoms with Crippen molar-refractivity contribution in [3.05, 3.63) is 64.9 Å². The molecular weight excluding hydrogens is 424 g/mol. The third-order valence-corrected chi connectivity index (χ3v) is 6.63. The highest BCUT2D eigenvalue weighted by Gasteiger charge is 2.23. The third kappa shape index (κ3) is 7.29. The van der Waals surface area contributed by atoms with E-state index in [9.17, 15) is 4.79 Å². The van der Waals surface area contributed by atoms with Crippen molar-refractivity contribution >= 4 is 11.5 Å². The number of piperidine rings is 1. The number of likely N-dealkylation sites (tertiary alicyclic amines) is 1. The molecule has 1 saturated heterocycles. The molecular formula is C28H42N4O2. The molecule has 6 nitrogen and oxygen atoms in total. The van der Waals surface area contributed by atoms with Crippen molar-refractivity contribution in [3.8, 4) is 0 Å². The van der Waals surface area contributed by atoms with Gasteiger partial charge in [0.25, 0.3) is 5.91 Å². The van der Waals surface area contributed by atoms with E-state index in [-0.39, 0.29) is 5.91 Å². The average molecular weight is 467 g/mol. The van der Waals surface area contributed by atoms with Gasteiger partial charge >= 0.3 is 0 Å². The Morgan fingerprint density at radius 2 is 2.09 bits per heavy atom. The number of rotatable bonds is 10. The summed E-state index contributed by atoms with van der Waals surface area (Å²) in [7, 11) is 0. The number of nitrogens with zero attached hydrogens (tertiary/aromatic N) is 2. The molecule has 186 valence electrons. The fraction of sp³-hybridized carbons (Fsp3) is 0.536.